The highest BCUT2D eigenvalue weighted by Crippen LogP contribution is 2.06. The molecule has 0 bridgehead atoms. The summed E-state index contributed by atoms with van der Waals surface area (Å²) < 4.78 is 17.6. The normalized spacial score (nSPS) is 9.42. The summed E-state index contributed by atoms with van der Waals surface area (Å²) in [5, 5.41) is 0. The molecule has 1 heterocycles. The van der Waals surface area contributed by atoms with E-state index in [-0.39, 0.29) is 0 Å². The monoisotopic (exact) mass is 167 g/mol. The maximum atomic E-state index is 12.5. The number of nitrogens with zero attached hydrogens (tertiary/aromatic N) is 1. The van der Waals surface area contributed by atoms with Crippen molar-refractivity contribution in [3.05, 3.63) is 36.8 Å². The number of halogens is 1. The highest BCUT2D eigenvalue weighted by Gasteiger charge is 1.95. The minimum Gasteiger partial charge on any atom is -0.477 e. The lowest BCUT2D eigenvalue weighted by molar-refractivity contribution is 0.307. The van der Waals surface area contributed by atoms with E-state index in [0.29, 0.717) is 12.5 Å². The van der Waals surface area contributed by atoms with Crippen LogP contribution in [0.2, 0.25) is 0 Å². The lowest BCUT2D eigenvalue weighted by Gasteiger charge is -2.01. The first kappa shape index (κ1) is 8.71. The van der Waals surface area contributed by atoms with Gasteiger partial charge in [-0.15, -0.1) is 6.58 Å². The maximum Gasteiger partial charge on any atom is 0.216 e. The molecule has 0 N–H and O–H groups in total. The number of pyridine rings is 1. The van der Waals surface area contributed by atoms with Crippen LogP contribution >= 0.6 is 0 Å². The number of hydrogen-bond donors (Lipinski definition) is 0. The molecule has 0 amide bonds. The molecule has 0 fully saturated rings. The highest BCUT2D eigenvalue weighted by molar-refractivity contribution is 5.10. The van der Waals surface area contributed by atoms with Gasteiger partial charge in [-0.1, -0.05) is 12.1 Å². The molecule has 0 aliphatic heterocycles. The molecule has 1 aromatic rings. The molecule has 0 spiro atoms. The van der Waals surface area contributed by atoms with E-state index in [4.69, 9.17) is 4.74 Å². The topological polar surface area (TPSA) is 22.1 Å². The molecule has 1 rings (SSSR count). The van der Waals surface area contributed by atoms with Crippen LogP contribution in [0.3, 0.4) is 0 Å². The Labute approximate surface area is 70.7 Å². The van der Waals surface area contributed by atoms with Crippen molar-refractivity contribution in [3.63, 3.8) is 0 Å². The molecule has 64 valence electrons. The van der Waals surface area contributed by atoms with Crippen molar-refractivity contribution < 1.29 is 9.13 Å². The van der Waals surface area contributed by atoms with Crippen LogP contribution in [-0.2, 0) is 0 Å². The van der Waals surface area contributed by atoms with E-state index in [1.807, 2.05) is 0 Å². The van der Waals surface area contributed by atoms with Crippen molar-refractivity contribution in [1.82, 2.24) is 4.98 Å². The van der Waals surface area contributed by atoms with Crippen LogP contribution in [0.15, 0.2) is 30.9 Å². The minimum absolute atomic E-state index is 0.317. The summed E-state index contributed by atoms with van der Waals surface area (Å²) in [5.41, 5.74) is 0. The molecule has 0 aromatic carbocycles. The SMILES string of the molecule is C=CCCOc1cccc(F)n1. The molecule has 0 saturated carbocycles. The Kier molecular flexibility index (Phi) is 3.26. The van der Waals surface area contributed by atoms with Crippen molar-refractivity contribution in [2.45, 2.75) is 6.42 Å². The summed E-state index contributed by atoms with van der Waals surface area (Å²) in [6.45, 7) is 4.02. The zero-order valence-corrected chi connectivity index (χ0v) is 6.66. The van der Waals surface area contributed by atoms with Gasteiger partial charge in [0.1, 0.15) is 0 Å². The summed E-state index contributed by atoms with van der Waals surface area (Å²) in [5.74, 6) is -0.206. The van der Waals surface area contributed by atoms with Crippen molar-refractivity contribution in [2.75, 3.05) is 6.61 Å². The van der Waals surface area contributed by atoms with Gasteiger partial charge in [0.05, 0.1) is 6.61 Å². The fourth-order valence-electron chi connectivity index (χ4n) is 0.717. The summed E-state index contributed by atoms with van der Waals surface area (Å²) in [7, 11) is 0. The molecular formula is C9H10FNO. The molecule has 3 heteroatoms. The molecule has 0 atom stereocenters. The van der Waals surface area contributed by atoms with Crippen molar-refractivity contribution in [3.8, 4) is 5.88 Å². The molecule has 0 radical (unpaired) electrons. The van der Waals surface area contributed by atoms with Gasteiger partial charge in [0.25, 0.3) is 0 Å². The Morgan fingerprint density at radius 1 is 1.58 bits per heavy atom. The smallest absolute Gasteiger partial charge is 0.216 e. The van der Waals surface area contributed by atoms with Gasteiger partial charge >= 0.3 is 0 Å². The third kappa shape index (κ3) is 2.70. The van der Waals surface area contributed by atoms with Crippen LogP contribution in [0.1, 0.15) is 6.42 Å². The van der Waals surface area contributed by atoms with Crippen LogP contribution in [-0.4, -0.2) is 11.6 Å². The Bertz CT molecular complexity index is 262. The predicted octanol–water partition coefficient (Wildman–Crippen LogP) is 2.18. The van der Waals surface area contributed by atoms with E-state index >= 15 is 0 Å². The van der Waals surface area contributed by atoms with Crippen LogP contribution in [0.25, 0.3) is 0 Å². The second-order valence-corrected chi connectivity index (χ2v) is 2.22. The zero-order chi connectivity index (χ0) is 8.81. The average Bonchev–Trinajstić information content (AvgIpc) is 2.05. The van der Waals surface area contributed by atoms with Gasteiger partial charge in [0, 0.05) is 6.07 Å². The molecular weight excluding hydrogens is 157 g/mol. The van der Waals surface area contributed by atoms with Crippen LogP contribution in [0.4, 0.5) is 4.39 Å². The molecule has 1 aromatic heterocycles. The van der Waals surface area contributed by atoms with Gasteiger partial charge in [0.2, 0.25) is 11.8 Å². The Morgan fingerprint density at radius 3 is 3.08 bits per heavy atom. The Hall–Kier alpha value is -1.38. The molecule has 0 aliphatic rings. The molecule has 2 nitrogen and oxygen atoms in total. The lowest BCUT2D eigenvalue weighted by atomic mass is 10.4. The molecule has 12 heavy (non-hydrogen) atoms. The highest BCUT2D eigenvalue weighted by atomic mass is 19.1. The predicted molar refractivity (Wildman–Crippen MR) is 44.5 cm³/mol. The zero-order valence-electron chi connectivity index (χ0n) is 6.66. The first-order valence-corrected chi connectivity index (χ1v) is 3.69. The Morgan fingerprint density at radius 2 is 2.42 bits per heavy atom. The van der Waals surface area contributed by atoms with E-state index in [1.54, 1.807) is 18.2 Å². The third-order valence-corrected chi connectivity index (χ3v) is 1.26. The fourth-order valence-corrected chi connectivity index (χ4v) is 0.717. The van der Waals surface area contributed by atoms with Gasteiger partial charge in [-0.2, -0.15) is 9.37 Å². The van der Waals surface area contributed by atoms with Crippen molar-refractivity contribution in [1.29, 1.82) is 0 Å². The number of hydrogen-bond acceptors (Lipinski definition) is 2. The number of ether oxygens (including phenoxy) is 1. The quantitative estimate of drug-likeness (QED) is 0.389. The second kappa shape index (κ2) is 4.49. The van der Waals surface area contributed by atoms with Gasteiger partial charge in [-0.05, 0) is 12.5 Å². The fraction of sp³-hybridized carbons (Fsp3) is 0.222. The molecule has 0 aliphatic carbocycles. The van der Waals surface area contributed by atoms with Crippen LogP contribution in [0, 0.1) is 5.95 Å². The first-order valence-electron chi connectivity index (χ1n) is 3.69. The van der Waals surface area contributed by atoms with Crippen molar-refractivity contribution in [2.24, 2.45) is 0 Å². The van der Waals surface area contributed by atoms with E-state index in [1.165, 1.54) is 6.07 Å². The summed E-state index contributed by atoms with van der Waals surface area (Å²) >= 11 is 0. The van der Waals surface area contributed by atoms with E-state index in [0.717, 1.165) is 6.42 Å². The first-order chi connectivity index (χ1) is 5.83. The van der Waals surface area contributed by atoms with Crippen LogP contribution in [0.5, 0.6) is 5.88 Å². The van der Waals surface area contributed by atoms with Gasteiger partial charge in [-0.25, -0.2) is 0 Å². The largest absolute Gasteiger partial charge is 0.477 e. The summed E-state index contributed by atoms with van der Waals surface area (Å²) in [4.78, 5) is 3.52. The van der Waals surface area contributed by atoms with Gasteiger partial charge < -0.3 is 4.74 Å². The third-order valence-electron chi connectivity index (χ3n) is 1.26. The molecule has 0 unspecified atom stereocenters. The van der Waals surface area contributed by atoms with Crippen molar-refractivity contribution >= 4 is 0 Å². The van der Waals surface area contributed by atoms with Crippen LogP contribution < -0.4 is 4.74 Å². The molecule has 0 saturated heterocycles. The second-order valence-electron chi connectivity index (χ2n) is 2.22. The lowest BCUT2D eigenvalue weighted by Crippen LogP contribution is -1.98. The maximum absolute atomic E-state index is 12.5. The number of aromatic nitrogens is 1. The Balaban J connectivity index is 2.46. The summed E-state index contributed by atoms with van der Waals surface area (Å²) in [6, 6.07) is 4.46. The number of rotatable bonds is 4. The minimum atomic E-state index is -0.522. The average molecular weight is 167 g/mol. The van der Waals surface area contributed by atoms with Gasteiger partial charge in [0.15, 0.2) is 0 Å². The standard InChI is InChI=1S/C9H10FNO/c1-2-3-7-12-9-6-4-5-8(10)11-9/h2,4-6H,1,3,7H2. The van der Waals surface area contributed by atoms with E-state index < -0.39 is 5.95 Å². The van der Waals surface area contributed by atoms with E-state index in [2.05, 4.69) is 11.6 Å². The van der Waals surface area contributed by atoms with Gasteiger partial charge in [-0.3, -0.25) is 0 Å². The summed E-state index contributed by atoms with van der Waals surface area (Å²) in [6.07, 6.45) is 2.47. The van der Waals surface area contributed by atoms with E-state index in [9.17, 15) is 4.39 Å².